The first kappa shape index (κ1) is 14.6. The van der Waals surface area contributed by atoms with E-state index >= 15 is 0 Å². The van der Waals surface area contributed by atoms with E-state index in [1.54, 1.807) is 10.9 Å². The summed E-state index contributed by atoms with van der Waals surface area (Å²) in [6.07, 6.45) is 3.16. The largest absolute Gasteiger partial charge is 0.409 e. The van der Waals surface area contributed by atoms with Crippen molar-refractivity contribution >= 4 is 11.7 Å². The summed E-state index contributed by atoms with van der Waals surface area (Å²) in [7, 11) is 0. The van der Waals surface area contributed by atoms with Crippen molar-refractivity contribution in [2.75, 3.05) is 13.1 Å². The SMILES string of the molecule is CCN(CC(N)=NO)C(=O)c1cnn(-c2ccccc2)c1. The van der Waals surface area contributed by atoms with Gasteiger partial charge in [-0.15, -0.1) is 0 Å². The fourth-order valence-electron chi connectivity index (χ4n) is 1.89. The Morgan fingerprint density at radius 1 is 1.43 bits per heavy atom. The Morgan fingerprint density at radius 3 is 2.76 bits per heavy atom. The Bertz CT molecular complexity index is 636. The molecular weight excluding hydrogens is 270 g/mol. The van der Waals surface area contributed by atoms with Crippen LogP contribution in [0, 0.1) is 0 Å². The molecule has 1 heterocycles. The molecule has 0 unspecified atom stereocenters. The molecule has 7 heteroatoms. The molecule has 3 N–H and O–H groups in total. The van der Waals surface area contributed by atoms with Gasteiger partial charge >= 0.3 is 0 Å². The number of nitrogens with two attached hydrogens (primary N) is 1. The van der Waals surface area contributed by atoms with E-state index in [-0.39, 0.29) is 18.3 Å². The summed E-state index contributed by atoms with van der Waals surface area (Å²) in [6.45, 7) is 2.35. The molecule has 0 aliphatic rings. The molecule has 0 aliphatic carbocycles. The van der Waals surface area contributed by atoms with Crippen LogP contribution in [-0.2, 0) is 0 Å². The molecule has 0 fully saturated rings. The number of aromatic nitrogens is 2. The Balaban J connectivity index is 2.18. The highest BCUT2D eigenvalue weighted by atomic mass is 16.4. The van der Waals surface area contributed by atoms with Crippen LogP contribution in [0.25, 0.3) is 5.69 Å². The zero-order valence-corrected chi connectivity index (χ0v) is 11.7. The van der Waals surface area contributed by atoms with E-state index in [4.69, 9.17) is 10.9 Å². The van der Waals surface area contributed by atoms with Gasteiger partial charge in [0.2, 0.25) is 0 Å². The quantitative estimate of drug-likeness (QED) is 0.372. The first-order chi connectivity index (χ1) is 10.2. The normalized spacial score (nSPS) is 11.4. The average Bonchev–Trinajstić information content (AvgIpc) is 3.02. The van der Waals surface area contributed by atoms with Crippen LogP contribution in [0.2, 0.25) is 0 Å². The summed E-state index contributed by atoms with van der Waals surface area (Å²) in [5.74, 6) is -0.230. The number of amides is 1. The van der Waals surface area contributed by atoms with Crippen LogP contribution in [0.1, 0.15) is 17.3 Å². The maximum absolute atomic E-state index is 12.4. The van der Waals surface area contributed by atoms with E-state index in [9.17, 15) is 4.79 Å². The molecule has 1 amide bonds. The van der Waals surface area contributed by atoms with Gasteiger partial charge in [-0.25, -0.2) is 4.68 Å². The van der Waals surface area contributed by atoms with Gasteiger partial charge in [0.15, 0.2) is 5.84 Å². The topological polar surface area (TPSA) is 96.7 Å². The van der Waals surface area contributed by atoms with Crippen molar-refractivity contribution in [3.63, 3.8) is 0 Å². The van der Waals surface area contributed by atoms with Gasteiger partial charge in [-0.3, -0.25) is 4.79 Å². The minimum Gasteiger partial charge on any atom is -0.409 e. The van der Waals surface area contributed by atoms with Crippen LogP contribution < -0.4 is 5.73 Å². The molecule has 0 spiro atoms. The number of likely N-dealkylation sites (N-methyl/N-ethyl adjacent to an activating group) is 1. The third-order valence-corrected chi connectivity index (χ3v) is 3.00. The molecule has 1 aromatic carbocycles. The molecule has 0 atom stereocenters. The van der Waals surface area contributed by atoms with Gasteiger partial charge in [0, 0.05) is 12.7 Å². The number of amidine groups is 1. The van der Waals surface area contributed by atoms with Gasteiger partial charge < -0.3 is 15.8 Å². The van der Waals surface area contributed by atoms with Crippen LogP contribution in [-0.4, -0.2) is 44.7 Å². The molecule has 110 valence electrons. The fourth-order valence-corrected chi connectivity index (χ4v) is 1.89. The molecule has 7 nitrogen and oxygen atoms in total. The first-order valence-electron chi connectivity index (χ1n) is 6.51. The van der Waals surface area contributed by atoms with E-state index in [1.165, 1.54) is 11.1 Å². The van der Waals surface area contributed by atoms with Gasteiger partial charge in [0.1, 0.15) is 0 Å². The summed E-state index contributed by atoms with van der Waals surface area (Å²) in [5.41, 5.74) is 6.77. The van der Waals surface area contributed by atoms with E-state index < -0.39 is 0 Å². The van der Waals surface area contributed by atoms with E-state index in [0.29, 0.717) is 12.1 Å². The molecule has 2 aromatic rings. The molecule has 0 saturated carbocycles. The van der Waals surface area contributed by atoms with Crippen molar-refractivity contribution in [1.29, 1.82) is 0 Å². The molecule has 0 aliphatic heterocycles. The van der Waals surface area contributed by atoms with Crippen molar-refractivity contribution in [2.24, 2.45) is 10.9 Å². The van der Waals surface area contributed by atoms with E-state index in [0.717, 1.165) is 5.69 Å². The molecular formula is C14H17N5O2. The number of nitrogens with zero attached hydrogens (tertiary/aromatic N) is 4. The highest BCUT2D eigenvalue weighted by Crippen LogP contribution is 2.09. The lowest BCUT2D eigenvalue weighted by atomic mass is 10.3. The second-order valence-electron chi connectivity index (χ2n) is 4.42. The predicted molar refractivity (Wildman–Crippen MR) is 78.6 cm³/mol. The van der Waals surface area contributed by atoms with Gasteiger partial charge in [-0.2, -0.15) is 5.10 Å². The number of oxime groups is 1. The minimum atomic E-state index is -0.216. The van der Waals surface area contributed by atoms with Crippen LogP contribution in [0.15, 0.2) is 47.9 Å². The van der Waals surface area contributed by atoms with Crippen molar-refractivity contribution in [3.05, 3.63) is 48.3 Å². The Morgan fingerprint density at radius 2 is 2.14 bits per heavy atom. The van der Waals surface area contributed by atoms with Gasteiger partial charge in [0.25, 0.3) is 5.91 Å². The summed E-state index contributed by atoms with van der Waals surface area (Å²) >= 11 is 0. The maximum atomic E-state index is 12.4. The Labute approximate surface area is 122 Å². The molecule has 0 bridgehead atoms. The van der Waals surface area contributed by atoms with Crippen LogP contribution in [0.4, 0.5) is 0 Å². The summed E-state index contributed by atoms with van der Waals surface area (Å²) < 4.78 is 1.63. The summed E-state index contributed by atoms with van der Waals surface area (Å²) in [5, 5.41) is 15.7. The van der Waals surface area contributed by atoms with Gasteiger partial charge in [-0.05, 0) is 19.1 Å². The zero-order chi connectivity index (χ0) is 15.2. The van der Waals surface area contributed by atoms with Crippen LogP contribution >= 0.6 is 0 Å². The monoisotopic (exact) mass is 287 g/mol. The minimum absolute atomic E-state index is 0.0133. The highest BCUT2D eigenvalue weighted by molar-refractivity contribution is 5.96. The second kappa shape index (κ2) is 6.56. The number of hydrogen-bond acceptors (Lipinski definition) is 4. The van der Waals surface area contributed by atoms with Crippen molar-refractivity contribution in [3.8, 4) is 5.69 Å². The molecule has 0 saturated heterocycles. The number of benzene rings is 1. The van der Waals surface area contributed by atoms with Crippen molar-refractivity contribution in [1.82, 2.24) is 14.7 Å². The number of rotatable bonds is 5. The van der Waals surface area contributed by atoms with Crippen molar-refractivity contribution < 1.29 is 10.0 Å². The third-order valence-electron chi connectivity index (χ3n) is 3.00. The van der Waals surface area contributed by atoms with Gasteiger partial charge in [-0.1, -0.05) is 23.4 Å². The Hall–Kier alpha value is -2.83. The number of carbonyl (C=O) groups is 1. The standard InChI is InChI=1S/C14H17N5O2/c1-2-18(10-13(15)17-21)14(20)11-8-16-19(9-11)12-6-4-3-5-7-12/h3-9,21H,2,10H2,1H3,(H2,15,17). The Kier molecular flexibility index (Phi) is 4.55. The summed E-state index contributed by atoms with van der Waals surface area (Å²) in [6, 6.07) is 9.50. The first-order valence-corrected chi connectivity index (χ1v) is 6.51. The van der Waals surface area contributed by atoms with Crippen LogP contribution in [0.5, 0.6) is 0 Å². The average molecular weight is 287 g/mol. The molecule has 21 heavy (non-hydrogen) atoms. The molecule has 2 rings (SSSR count). The molecule has 0 radical (unpaired) electrons. The fraction of sp³-hybridized carbons (Fsp3) is 0.214. The lowest BCUT2D eigenvalue weighted by Crippen LogP contribution is -2.38. The van der Waals surface area contributed by atoms with E-state index in [2.05, 4.69) is 10.3 Å². The van der Waals surface area contributed by atoms with Gasteiger partial charge in [0.05, 0.1) is 24.0 Å². The number of carbonyl (C=O) groups excluding carboxylic acids is 1. The molecule has 1 aromatic heterocycles. The zero-order valence-electron chi connectivity index (χ0n) is 11.7. The lowest BCUT2D eigenvalue weighted by molar-refractivity contribution is 0.0786. The highest BCUT2D eigenvalue weighted by Gasteiger charge is 2.17. The van der Waals surface area contributed by atoms with E-state index in [1.807, 2.05) is 37.3 Å². The number of hydrogen-bond donors (Lipinski definition) is 2. The maximum Gasteiger partial charge on any atom is 0.257 e. The van der Waals surface area contributed by atoms with Crippen molar-refractivity contribution in [2.45, 2.75) is 6.92 Å². The third kappa shape index (κ3) is 3.38. The second-order valence-corrected chi connectivity index (χ2v) is 4.42. The number of para-hydroxylation sites is 1. The predicted octanol–water partition coefficient (Wildman–Crippen LogP) is 1.08. The van der Waals surface area contributed by atoms with Crippen LogP contribution in [0.3, 0.4) is 0 Å². The lowest BCUT2D eigenvalue weighted by Gasteiger charge is -2.18. The smallest absolute Gasteiger partial charge is 0.257 e. The summed E-state index contributed by atoms with van der Waals surface area (Å²) in [4.78, 5) is 13.8.